The van der Waals surface area contributed by atoms with Crippen molar-refractivity contribution in [3.63, 3.8) is 0 Å². The van der Waals surface area contributed by atoms with E-state index in [0.717, 1.165) is 26.2 Å². The molecule has 0 N–H and O–H groups in total. The van der Waals surface area contributed by atoms with Crippen molar-refractivity contribution in [1.29, 1.82) is 0 Å². The van der Waals surface area contributed by atoms with Crippen molar-refractivity contribution in [1.82, 2.24) is 9.88 Å². The summed E-state index contributed by atoms with van der Waals surface area (Å²) in [6.45, 7) is 3.21. The van der Waals surface area contributed by atoms with Crippen molar-refractivity contribution >= 4 is 27.5 Å². The topological polar surface area (TPSA) is 36.4 Å². The van der Waals surface area contributed by atoms with Crippen molar-refractivity contribution in [3.05, 3.63) is 58.8 Å². The first-order valence-electron chi connectivity index (χ1n) is 6.95. The Morgan fingerprint density at radius 1 is 1.05 bits per heavy atom. The molecule has 0 bridgehead atoms. The van der Waals surface area contributed by atoms with Gasteiger partial charge >= 0.3 is 0 Å². The predicted molar refractivity (Wildman–Crippen MR) is 86.5 cm³/mol. The SMILES string of the molecule is O=C(c1ccnc(Br)c1)N1CCN(c2ccccc2)CC1. The molecule has 5 heteroatoms. The number of carbonyl (C=O) groups excluding carboxylic acids is 1. The lowest BCUT2D eigenvalue weighted by Crippen LogP contribution is -2.48. The highest BCUT2D eigenvalue weighted by atomic mass is 79.9. The zero-order valence-electron chi connectivity index (χ0n) is 11.6. The zero-order chi connectivity index (χ0) is 14.7. The number of benzene rings is 1. The molecule has 21 heavy (non-hydrogen) atoms. The summed E-state index contributed by atoms with van der Waals surface area (Å²) in [6.07, 6.45) is 1.65. The Kier molecular flexibility index (Phi) is 4.20. The van der Waals surface area contributed by atoms with Gasteiger partial charge < -0.3 is 9.80 Å². The third kappa shape index (κ3) is 3.24. The minimum Gasteiger partial charge on any atom is -0.368 e. The van der Waals surface area contributed by atoms with Gasteiger partial charge in [0.2, 0.25) is 0 Å². The van der Waals surface area contributed by atoms with Crippen molar-refractivity contribution in [3.8, 4) is 0 Å². The van der Waals surface area contributed by atoms with Crippen molar-refractivity contribution in [2.24, 2.45) is 0 Å². The summed E-state index contributed by atoms with van der Waals surface area (Å²) in [5, 5.41) is 0. The summed E-state index contributed by atoms with van der Waals surface area (Å²) in [7, 11) is 0. The minimum absolute atomic E-state index is 0.0748. The fraction of sp³-hybridized carbons (Fsp3) is 0.250. The van der Waals surface area contributed by atoms with Gasteiger partial charge in [-0.3, -0.25) is 4.79 Å². The quantitative estimate of drug-likeness (QED) is 0.785. The number of halogens is 1. The molecule has 0 unspecified atom stereocenters. The lowest BCUT2D eigenvalue weighted by atomic mass is 10.2. The Labute approximate surface area is 132 Å². The van der Waals surface area contributed by atoms with Gasteiger partial charge in [-0.25, -0.2) is 4.98 Å². The summed E-state index contributed by atoms with van der Waals surface area (Å²) in [5.41, 5.74) is 1.90. The van der Waals surface area contributed by atoms with Crippen LogP contribution >= 0.6 is 15.9 Å². The van der Waals surface area contributed by atoms with E-state index in [2.05, 4.69) is 37.9 Å². The van der Waals surface area contributed by atoms with E-state index in [0.29, 0.717) is 10.2 Å². The number of amides is 1. The molecule has 2 heterocycles. The number of pyridine rings is 1. The van der Waals surface area contributed by atoms with Crippen LogP contribution in [0, 0.1) is 0 Å². The molecular weight excluding hydrogens is 330 g/mol. The van der Waals surface area contributed by atoms with Gasteiger partial charge in [0.05, 0.1) is 0 Å². The molecule has 1 aromatic carbocycles. The first kappa shape index (κ1) is 14.1. The van der Waals surface area contributed by atoms with Crippen LogP contribution in [0.4, 0.5) is 5.69 Å². The highest BCUT2D eigenvalue weighted by Crippen LogP contribution is 2.17. The maximum Gasteiger partial charge on any atom is 0.254 e. The molecule has 1 aliphatic heterocycles. The highest BCUT2D eigenvalue weighted by molar-refractivity contribution is 9.10. The predicted octanol–water partition coefficient (Wildman–Crippen LogP) is 2.81. The first-order valence-corrected chi connectivity index (χ1v) is 7.74. The van der Waals surface area contributed by atoms with Gasteiger partial charge in [0, 0.05) is 43.6 Å². The van der Waals surface area contributed by atoms with Crippen LogP contribution in [-0.4, -0.2) is 42.0 Å². The van der Waals surface area contributed by atoms with E-state index in [9.17, 15) is 4.79 Å². The van der Waals surface area contributed by atoms with Crippen LogP contribution in [0.15, 0.2) is 53.3 Å². The van der Waals surface area contributed by atoms with Crippen LogP contribution < -0.4 is 4.90 Å². The average molecular weight is 346 g/mol. The monoisotopic (exact) mass is 345 g/mol. The molecule has 0 aliphatic carbocycles. The lowest BCUT2D eigenvalue weighted by molar-refractivity contribution is 0.0746. The van der Waals surface area contributed by atoms with E-state index in [1.807, 2.05) is 23.1 Å². The average Bonchev–Trinajstić information content (AvgIpc) is 2.55. The number of aromatic nitrogens is 1. The van der Waals surface area contributed by atoms with Crippen LogP contribution in [0.2, 0.25) is 0 Å². The normalized spacial score (nSPS) is 15.1. The van der Waals surface area contributed by atoms with Gasteiger partial charge in [0.1, 0.15) is 4.60 Å². The highest BCUT2D eigenvalue weighted by Gasteiger charge is 2.22. The third-order valence-corrected chi connectivity index (χ3v) is 4.10. The maximum absolute atomic E-state index is 12.5. The minimum atomic E-state index is 0.0748. The second-order valence-corrected chi connectivity index (χ2v) is 5.79. The molecule has 0 saturated carbocycles. The van der Waals surface area contributed by atoms with E-state index in [-0.39, 0.29) is 5.91 Å². The molecule has 1 amide bonds. The number of para-hydroxylation sites is 1. The Morgan fingerprint density at radius 2 is 1.76 bits per heavy atom. The van der Waals surface area contributed by atoms with E-state index in [4.69, 9.17) is 0 Å². The van der Waals surface area contributed by atoms with E-state index < -0.39 is 0 Å². The summed E-state index contributed by atoms with van der Waals surface area (Å²) >= 11 is 3.30. The molecular formula is C16H16BrN3O. The molecule has 1 aliphatic rings. The molecule has 108 valence electrons. The molecule has 0 radical (unpaired) electrons. The van der Waals surface area contributed by atoms with Crippen molar-refractivity contribution in [2.75, 3.05) is 31.1 Å². The Bertz CT molecular complexity index is 624. The van der Waals surface area contributed by atoms with E-state index in [1.54, 1.807) is 18.3 Å². The molecule has 1 fully saturated rings. The Hall–Kier alpha value is -1.88. The number of anilines is 1. The summed E-state index contributed by atoms with van der Waals surface area (Å²) < 4.78 is 0.691. The molecule has 3 rings (SSSR count). The molecule has 2 aromatic rings. The number of rotatable bonds is 2. The fourth-order valence-corrected chi connectivity index (χ4v) is 2.89. The lowest BCUT2D eigenvalue weighted by Gasteiger charge is -2.36. The van der Waals surface area contributed by atoms with Crippen molar-refractivity contribution < 1.29 is 4.79 Å². The molecule has 4 nitrogen and oxygen atoms in total. The largest absolute Gasteiger partial charge is 0.368 e. The van der Waals surface area contributed by atoms with Crippen LogP contribution in [0.3, 0.4) is 0 Å². The van der Waals surface area contributed by atoms with Crippen LogP contribution in [0.5, 0.6) is 0 Å². The second kappa shape index (κ2) is 6.26. The number of hydrogen-bond acceptors (Lipinski definition) is 3. The standard InChI is InChI=1S/C16H16BrN3O/c17-15-12-13(6-7-18-15)16(21)20-10-8-19(9-11-20)14-4-2-1-3-5-14/h1-7,12H,8-11H2. The number of nitrogens with zero attached hydrogens (tertiary/aromatic N) is 3. The number of hydrogen-bond donors (Lipinski definition) is 0. The fourth-order valence-electron chi connectivity index (χ4n) is 2.52. The van der Waals surface area contributed by atoms with Crippen LogP contribution in [-0.2, 0) is 0 Å². The third-order valence-electron chi connectivity index (χ3n) is 3.66. The number of carbonyl (C=O) groups is 1. The van der Waals surface area contributed by atoms with Gasteiger partial charge in [0.15, 0.2) is 0 Å². The van der Waals surface area contributed by atoms with E-state index in [1.165, 1.54) is 5.69 Å². The molecule has 0 spiro atoms. The maximum atomic E-state index is 12.5. The second-order valence-electron chi connectivity index (χ2n) is 4.98. The Morgan fingerprint density at radius 3 is 2.43 bits per heavy atom. The van der Waals surface area contributed by atoms with Gasteiger partial charge in [0.25, 0.3) is 5.91 Å². The Balaban J connectivity index is 1.64. The smallest absolute Gasteiger partial charge is 0.254 e. The van der Waals surface area contributed by atoms with Gasteiger partial charge in [-0.1, -0.05) is 18.2 Å². The van der Waals surface area contributed by atoms with Crippen LogP contribution in [0.25, 0.3) is 0 Å². The molecule has 0 atom stereocenters. The van der Waals surface area contributed by atoms with Gasteiger partial charge in [-0.05, 0) is 40.2 Å². The molecule has 1 aromatic heterocycles. The van der Waals surface area contributed by atoms with Crippen LogP contribution in [0.1, 0.15) is 10.4 Å². The van der Waals surface area contributed by atoms with Gasteiger partial charge in [-0.2, -0.15) is 0 Å². The summed E-state index contributed by atoms with van der Waals surface area (Å²) in [5.74, 6) is 0.0748. The summed E-state index contributed by atoms with van der Waals surface area (Å²) in [4.78, 5) is 20.7. The first-order chi connectivity index (χ1) is 10.2. The summed E-state index contributed by atoms with van der Waals surface area (Å²) in [6, 6.07) is 13.9. The zero-order valence-corrected chi connectivity index (χ0v) is 13.2. The van der Waals surface area contributed by atoms with Crippen molar-refractivity contribution in [2.45, 2.75) is 0 Å². The molecule has 1 saturated heterocycles. The van der Waals surface area contributed by atoms with Gasteiger partial charge in [-0.15, -0.1) is 0 Å². The number of piperazine rings is 1. The van der Waals surface area contributed by atoms with E-state index >= 15 is 0 Å².